The number of benzene rings is 1. The third kappa shape index (κ3) is 3.50. The summed E-state index contributed by atoms with van der Waals surface area (Å²) >= 11 is 0. The molecule has 2 saturated heterocycles. The molecule has 0 radical (unpaired) electrons. The second-order valence-electron chi connectivity index (χ2n) is 6.03. The van der Waals surface area contributed by atoms with Crippen molar-refractivity contribution in [3.8, 4) is 0 Å². The first-order valence-electron chi connectivity index (χ1n) is 7.74. The Balaban J connectivity index is 1.44. The fraction of sp³-hybridized carbons (Fsp3) is 0.438. The molecule has 0 saturated carbocycles. The normalized spacial score (nSPS) is 20.2. The Morgan fingerprint density at radius 2 is 1.87 bits per heavy atom. The highest BCUT2D eigenvalue weighted by molar-refractivity contribution is 6.07. The number of hydrogen-bond acceptors (Lipinski definition) is 4. The summed E-state index contributed by atoms with van der Waals surface area (Å²) in [5.41, 5.74) is 0.275. The second kappa shape index (κ2) is 6.37. The molecule has 2 aliphatic rings. The summed E-state index contributed by atoms with van der Waals surface area (Å²) < 4.78 is 0. The number of amides is 4. The number of carbonyl (C=O) groups excluding carboxylic acids is 3. The number of piperidine rings is 1. The van der Waals surface area contributed by atoms with Crippen LogP contribution in [0.4, 0.5) is 4.79 Å². The Morgan fingerprint density at radius 3 is 2.48 bits per heavy atom. The van der Waals surface area contributed by atoms with Crippen LogP contribution in [0, 0.1) is 0 Å². The molecular formula is C16H20N4O3. The van der Waals surface area contributed by atoms with Crippen molar-refractivity contribution >= 4 is 17.8 Å². The molecule has 122 valence electrons. The van der Waals surface area contributed by atoms with Crippen LogP contribution in [-0.2, 0) is 16.1 Å². The first kappa shape index (κ1) is 15.5. The number of rotatable bonds is 4. The molecule has 0 bridgehead atoms. The maximum atomic E-state index is 12.0. The van der Waals surface area contributed by atoms with Gasteiger partial charge in [-0.1, -0.05) is 30.3 Å². The minimum absolute atomic E-state index is 0.0373. The van der Waals surface area contributed by atoms with Crippen molar-refractivity contribution in [2.24, 2.45) is 0 Å². The molecule has 3 N–H and O–H groups in total. The molecule has 1 aromatic carbocycles. The largest absolute Gasteiger partial charge is 0.351 e. The molecule has 0 aromatic heterocycles. The number of likely N-dealkylation sites (tertiary alicyclic amines) is 1. The van der Waals surface area contributed by atoms with Gasteiger partial charge in [-0.25, -0.2) is 4.79 Å². The number of imide groups is 1. The van der Waals surface area contributed by atoms with Crippen LogP contribution in [0.15, 0.2) is 30.3 Å². The van der Waals surface area contributed by atoms with Crippen LogP contribution in [-0.4, -0.2) is 47.9 Å². The fourth-order valence-corrected chi connectivity index (χ4v) is 3.03. The highest BCUT2D eigenvalue weighted by atomic mass is 16.2. The van der Waals surface area contributed by atoms with Crippen LogP contribution < -0.4 is 16.0 Å². The molecule has 1 aromatic rings. The van der Waals surface area contributed by atoms with Gasteiger partial charge in [-0.3, -0.25) is 19.8 Å². The standard InChI is InChI=1S/C16H20N4O3/c21-13(17-10-12-4-2-1-3-5-12)11-20-8-6-16(7-9-20)14(22)18-15(23)19-16/h1-5H,6-11H2,(H,17,21)(H2,18,19,22,23). The van der Waals surface area contributed by atoms with E-state index in [1.807, 2.05) is 35.2 Å². The molecule has 2 fully saturated rings. The highest BCUT2D eigenvalue weighted by Gasteiger charge is 2.47. The highest BCUT2D eigenvalue weighted by Crippen LogP contribution is 2.25. The van der Waals surface area contributed by atoms with Gasteiger partial charge in [0.2, 0.25) is 5.91 Å². The van der Waals surface area contributed by atoms with E-state index in [4.69, 9.17) is 0 Å². The lowest BCUT2D eigenvalue weighted by molar-refractivity contribution is -0.126. The maximum Gasteiger partial charge on any atom is 0.322 e. The van der Waals surface area contributed by atoms with Crippen molar-refractivity contribution in [1.82, 2.24) is 20.9 Å². The van der Waals surface area contributed by atoms with E-state index in [9.17, 15) is 14.4 Å². The predicted molar refractivity (Wildman–Crippen MR) is 83.4 cm³/mol. The average Bonchev–Trinajstić information content (AvgIpc) is 2.82. The van der Waals surface area contributed by atoms with E-state index in [0.717, 1.165) is 5.56 Å². The summed E-state index contributed by atoms with van der Waals surface area (Å²) in [5.74, 6) is -0.291. The minimum atomic E-state index is -0.784. The van der Waals surface area contributed by atoms with Crippen molar-refractivity contribution in [3.63, 3.8) is 0 Å². The first-order valence-corrected chi connectivity index (χ1v) is 7.74. The summed E-state index contributed by atoms with van der Waals surface area (Å²) in [6.45, 7) is 2.02. The zero-order chi connectivity index (χ0) is 16.3. The molecule has 0 aliphatic carbocycles. The van der Waals surface area contributed by atoms with E-state index in [2.05, 4.69) is 16.0 Å². The van der Waals surface area contributed by atoms with Gasteiger partial charge in [0, 0.05) is 19.6 Å². The van der Waals surface area contributed by atoms with Gasteiger partial charge >= 0.3 is 6.03 Å². The minimum Gasteiger partial charge on any atom is -0.351 e. The van der Waals surface area contributed by atoms with Gasteiger partial charge in [0.1, 0.15) is 5.54 Å². The van der Waals surface area contributed by atoms with Crippen molar-refractivity contribution in [2.45, 2.75) is 24.9 Å². The Morgan fingerprint density at radius 1 is 1.17 bits per heavy atom. The van der Waals surface area contributed by atoms with Crippen LogP contribution in [0.25, 0.3) is 0 Å². The smallest absolute Gasteiger partial charge is 0.322 e. The Labute approximate surface area is 134 Å². The zero-order valence-electron chi connectivity index (χ0n) is 12.8. The summed E-state index contributed by atoms with van der Waals surface area (Å²) in [5, 5.41) is 7.89. The van der Waals surface area contributed by atoms with Crippen molar-refractivity contribution in [3.05, 3.63) is 35.9 Å². The summed E-state index contributed by atoms with van der Waals surface area (Å²) in [6.07, 6.45) is 1.05. The number of hydrogen-bond donors (Lipinski definition) is 3. The molecule has 7 nitrogen and oxygen atoms in total. The Bertz CT molecular complexity index is 609. The topological polar surface area (TPSA) is 90.5 Å². The van der Waals surface area contributed by atoms with Gasteiger partial charge in [0.05, 0.1) is 6.54 Å². The third-order valence-electron chi connectivity index (χ3n) is 4.42. The van der Waals surface area contributed by atoms with Gasteiger partial charge in [-0.05, 0) is 18.4 Å². The lowest BCUT2D eigenvalue weighted by Crippen LogP contribution is -2.55. The SMILES string of the molecule is O=C(CN1CCC2(CC1)NC(=O)NC2=O)NCc1ccccc1. The Hall–Kier alpha value is -2.41. The molecule has 4 amide bonds. The molecule has 7 heteroatoms. The molecule has 1 spiro atoms. The molecule has 0 unspecified atom stereocenters. The average molecular weight is 316 g/mol. The summed E-state index contributed by atoms with van der Waals surface area (Å²) in [4.78, 5) is 37.2. The van der Waals surface area contributed by atoms with E-state index >= 15 is 0 Å². The maximum absolute atomic E-state index is 12.0. The number of nitrogens with one attached hydrogen (secondary N) is 3. The van der Waals surface area contributed by atoms with Gasteiger partial charge < -0.3 is 10.6 Å². The van der Waals surface area contributed by atoms with Crippen molar-refractivity contribution in [2.75, 3.05) is 19.6 Å². The summed E-state index contributed by atoms with van der Waals surface area (Å²) in [6, 6.07) is 9.31. The van der Waals surface area contributed by atoms with E-state index in [1.165, 1.54) is 0 Å². The fourth-order valence-electron chi connectivity index (χ4n) is 3.03. The lowest BCUT2D eigenvalue weighted by atomic mass is 9.88. The second-order valence-corrected chi connectivity index (χ2v) is 6.03. The van der Waals surface area contributed by atoms with Gasteiger partial charge in [-0.2, -0.15) is 0 Å². The zero-order valence-corrected chi connectivity index (χ0v) is 12.8. The van der Waals surface area contributed by atoms with Crippen molar-refractivity contribution < 1.29 is 14.4 Å². The lowest BCUT2D eigenvalue weighted by Gasteiger charge is -2.36. The molecule has 23 heavy (non-hydrogen) atoms. The van der Waals surface area contributed by atoms with E-state index in [-0.39, 0.29) is 11.8 Å². The van der Waals surface area contributed by atoms with Crippen LogP contribution in [0.1, 0.15) is 18.4 Å². The van der Waals surface area contributed by atoms with Gasteiger partial charge in [0.25, 0.3) is 5.91 Å². The molecule has 3 rings (SSSR count). The van der Waals surface area contributed by atoms with E-state index in [1.54, 1.807) is 0 Å². The van der Waals surface area contributed by atoms with E-state index in [0.29, 0.717) is 39.0 Å². The summed E-state index contributed by atoms with van der Waals surface area (Å²) in [7, 11) is 0. The molecule has 2 heterocycles. The predicted octanol–water partition coefficient (Wildman–Crippen LogP) is -0.0232. The molecular weight excluding hydrogens is 296 g/mol. The molecule has 2 aliphatic heterocycles. The van der Waals surface area contributed by atoms with Crippen molar-refractivity contribution in [1.29, 1.82) is 0 Å². The van der Waals surface area contributed by atoms with E-state index < -0.39 is 11.6 Å². The van der Waals surface area contributed by atoms with Gasteiger partial charge in [-0.15, -0.1) is 0 Å². The van der Waals surface area contributed by atoms with Gasteiger partial charge in [0.15, 0.2) is 0 Å². The third-order valence-corrected chi connectivity index (χ3v) is 4.42. The van der Waals surface area contributed by atoms with Crippen LogP contribution in [0.2, 0.25) is 0 Å². The number of carbonyl (C=O) groups is 3. The molecule has 0 atom stereocenters. The first-order chi connectivity index (χ1) is 11.1. The van der Waals surface area contributed by atoms with Crippen LogP contribution in [0.3, 0.4) is 0 Å². The quantitative estimate of drug-likeness (QED) is 0.681. The number of urea groups is 1. The Kier molecular flexibility index (Phi) is 4.29. The number of nitrogens with zero attached hydrogens (tertiary/aromatic N) is 1. The monoisotopic (exact) mass is 316 g/mol. The van der Waals surface area contributed by atoms with Crippen LogP contribution in [0.5, 0.6) is 0 Å². The van der Waals surface area contributed by atoms with Crippen LogP contribution >= 0.6 is 0 Å².